The summed E-state index contributed by atoms with van der Waals surface area (Å²) in [5.74, 6) is 0. The van der Waals surface area contributed by atoms with Gasteiger partial charge in [-0.25, -0.2) is 0 Å². The first kappa shape index (κ1) is 11.0. The van der Waals surface area contributed by atoms with Crippen LogP contribution in [0.25, 0.3) is 0 Å². The van der Waals surface area contributed by atoms with Crippen molar-refractivity contribution in [2.75, 3.05) is 18.0 Å². The molecule has 0 bridgehead atoms. The molecule has 0 spiro atoms. The number of hydrogen-bond donors (Lipinski definition) is 1. The molecule has 0 saturated carbocycles. The summed E-state index contributed by atoms with van der Waals surface area (Å²) in [5.41, 5.74) is 1.97. The van der Waals surface area contributed by atoms with Crippen LogP contribution in [0.5, 0.6) is 0 Å². The number of benzene rings is 1. The molecule has 0 amide bonds. The predicted molar refractivity (Wildman–Crippen MR) is 63.1 cm³/mol. The predicted octanol–water partition coefficient (Wildman–Crippen LogP) is 2.23. The lowest BCUT2D eigenvalue weighted by Crippen LogP contribution is -2.20. The van der Waals surface area contributed by atoms with Crippen LogP contribution in [0, 0.1) is 11.3 Å². The molecule has 1 fully saturated rings. The number of hydrogen-bond acceptors (Lipinski definition) is 3. The van der Waals surface area contributed by atoms with Gasteiger partial charge in [-0.15, -0.1) is 0 Å². The van der Waals surface area contributed by atoms with Crippen LogP contribution in [-0.4, -0.2) is 18.2 Å². The van der Waals surface area contributed by atoms with Crippen molar-refractivity contribution in [3.8, 4) is 6.07 Å². The Bertz CT molecular complexity index is 391. The summed E-state index contributed by atoms with van der Waals surface area (Å²) in [7, 11) is 0. The Labute approximate surface area is 95.9 Å². The fourth-order valence-corrected chi connectivity index (χ4v) is 2.21. The Morgan fingerprint density at radius 3 is 2.69 bits per heavy atom. The fraction of sp³-hybridized carbons (Fsp3) is 0.462. The topological polar surface area (TPSA) is 47.3 Å². The van der Waals surface area contributed by atoms with E-state index in [1.807, 2.05) is 30.3 Å². The highest BCUT2D eigenvalue weighted by atomic mass is 16.3. The first-order chi connectivity index (χ1) is 7.83. The second-order valence-electron chi connectivity index (χ2n) is 4.13. The molecule has 1 aromatic carbocycles. The van der Waals surface area contributed by atoms with E-state index in [0.29, 0.717) is 0 Å². The zero-order chi connectivity index (χ0) is 11.4. The van der Waals surface area contributed by atoms with E-state index in [2.05, 4.69) is 4.90 Å². The largest absolute Gasteiger partial charge is 0.387 e. The molecule has 0 radical (unpaired) electrons. The summed E-state index contributed by atoms with van der Waals surface area (Å²) in [6.45, 7) is 2.10. The molecule has 1 atom stereocenters. The average molecular weight is 216 g/mol. The number of aliphatic hydroxyl groups is 1. The third kappa shape index (κ3) is 2.17. The Balaban J connectivity index is 2.26. The standard InChI is InChI=1S/C13H16N2O/c14-8-7-13(16)11-5-1-2-6-12(11)15-9-3-4-10-15/h1-2,5-6,13,16H,3-4,7,9-10H2. The summed E-state index contributed by atoms with van der Waals surface area (Å²) < 4.78 is 0. The van der Waals surface area contributed by atoms with Crippen molar-refractivity contribution in [3.63, 3.8) is 0 Å². The lowest BCUT2D eigenvalue weighted by atomic mass is 10.0. The summed E-state index contributed by atoms with van der Waals surface area (Å²) in [5, 5.41) is 18.5. The van der Waals surface area contributed by atoms with Gasteiger partial charge in [0.05, 0.1) is 18.6 Å². The number of nitriles is 1. The van der Waals surface area contributed by atoms with Gasteiger partial charge in [-0.3, -0.25) is 0 Å². The number of aliphatic hydroxyl groups excluding tert-OH is 1. The van der Waals surface area contributed by atoms with Crippen molar-refractivity contribution in [1.82, 2.24) is 0 Å². The van der Waals surface area contributed by atoms with E-state index in [1.54, 1.807) is 0 Å². The zero-order valence-electron chi connectivity index (χ0n) is 9.26. The highest BCUT2D eigenvalue weighted by Crippen LogP contribution is 2.30. The third-order valence-electron chi connectivity index (χ3n) is 3.03. The normalized spacial score (nSPS) is 17.1. The van der Waals surface area contributed by atoms with Crippen LogP contribution in [0.3, 0.4) is 0 Å². The quantitative estimate of drug-likeness (QED) is 0.842. The molecule has 1 aliphatic rings. The smallest absolute Gasteiger partial charge is 0.0939 e. The maximum atomic E-state index is 9.91. The van der Waals surface area contributed by atoms with Gasteiger partial charge in [0.2, 0.25) is 0 Å². The van der Waals surface area contributed by atoms with E-state index in [0.717, 1.165) is 24.3 Å². The third-order valence-corrected chi connectivity index (χ3v) is 3.03. The molecule has 3 nitrogen and oxygen atoms in total. The van der Waals surface area contributed by atoms with Gasteiger partial charge in [0.15, 0.2) is 0 Å². The summed E-state index contributed by atoms with van der Waals surface area (Å²) >= 11 is 0. The Hall–Kier alpha value is -1.53. The maximum Gasteiger partial charge on any atom is 0.0939 e. The first-order valence-corrected chi connectivity index (χ1v) is 5.72. The van der Waals surface area contributed by atoms with Gasteiger partial charge < -0.3 is 10.0 Å². The Kier molecular flexibility index (Phi) is 3.43. The van der Waals surface area contributed by atoms with Gasteiger partial charge in [-0.2, -0.15) is 5.26 Å². The van der Waals surface area contributed by atoms with E-state index >= 15 is 0 Å². The lowest BCUT2D eigenvalue weighted by Gasteiger charge is -2.22. The van der Waals surface area contributed by atoms with E-state index in [-0.39, 0.29) is 6.42 Å². The second kappa shape index (κ2) is 5.00. The van der Waals surface area contributed by atoms with Crippen LogP contribution >= 0.6 is 0 Å². The van der Waals surface area contributed by atoms with Crippen LogP contribution in [0.2, 0.25) is 0 Å². The van der Waals surface area contributed by atoms with Crippen LogP contribution < -0.4 is 4.90 Å². The van der Waals surface area contributed by atoms with Gasteiger partial charge in [0.1, 0.15) is 0 Å². The molecule has 1 aromatic rings. The molecule has 16 heavy (non-hydrogen) atoms. The van der Waals surface area contributed by atoms with Crippen LogP contribution in [0.15, 0.2) is 24.3 Å². The van der Waals surface area contributed by atoms with Crippen molar-refractivity contribution >= 4 is 5.69 Å². The van der Waals surface area contributed by atoms with Gasteiger partial charge in [-0.1, -0.05) is 18.2 Å². The van der Waals surface area contributed by atoms with Crippen LogP contribution in [0.4, 0.5) is 5.69 Å². The highest BCUT2D eigenvalue weighted by Gasteiger charge is 2.18. The van der Waals surface area contributed by atoms with E-state index in [1.165, 1.54) is 12.8 Å². The van der Waals surface area contributed by atoms with Crippen molar-refractivity contribution in [3.05, 3.63) is 29.8 Å². The zero-order valence-corrected chi connectivity index (χ0v) is 9.26. The molecule has 1 heterocycles. The molecule has 0 aromatic heterocycles. The summed E-state index contributed by atoms with van der Waals surface area (Å²) in [4.78, 5) is 2.29. The Morgan fingerprint density at radius 1 is 1.31 bits per heavy atom. The SMILES string of the molecule is N#CCC(O)c1ccccc1N1CCCC1. The molecule has 2 rings (SSSR count). The summed E-state index contributed by atoms with van der Waals surface area (Å²) in [6, 6.07) is 9.85. The van der Waals surface area contributed by atoms with Gasteiger partial charge in [-0.05, 0) is 18.9 Å². The molecular formula is C13H16N2O. The van der Waals surface area contributed by atoms with Gasteiger partial charge >= 0.3 is 0 Å². The lowest BCUT2D eigenvalue weighted by molar-refractivity contribution is 0.184. The van der Waals surface area contributed by atoms with Crippen molar-refractivity contribution in [1.29, 1.82) is 5.26 Å². The van der Waals surface area contributed by atoms with E-state index < -0.39 is 6.10 Å². The molecule has 1 saturated heterocycles. The Morgan fingerprint density at radius 2 is 2.00 bits per heavy atom. The molecule has 1 N–H and O–H groups in total. The van der Waals surface area contributed by atoms with Crippen molar-refractivity contribution in [2.24, 2.45) is 0 Å². The number of nitrogens with zero attached hydrogens (tertiary/aromatic N) is 2. The fourth-order valence-electron chi connectivity index (χ4n) is 2.21. The molecule has 0 aliphatic carbocycles. The maximum absolute atomic E-state index is 9.91. The average Bonchev–Trinajstić information content (AvgIpc) is 2.83. The number of rotatable bonds is 3. The van der Waals surface area contributed by atoms with Gasteiger partial charge in [0, 0.05) is 24.3 Å². The number of anilines is 1. The monoisotopic (exact) mass is 216 g/mol. The van der Waals surface area contributed by atoms with Crippen molar-refractivity contribution in [2.45, 2.75) is 25.4 Å². The molecule has 1 aliphatic heterocycles. The summed E-state index contributed by atoms with van der Waals surface area (Å²) in [6.07, 6.45) is 1.91. The van der Waals surface area contributed by atoms with E-state index in [4.69, 9.17) is 5.26 Å². The highest BCUT2D eigenvalue weighted by molar-refractivity contribution is 5.55. The minimum atomic E-state index is -0.665. The van der Waals surface area contributed by atoms with E-state index in [9.17, 15) is 5.11 Å². The molecule has 84 valence electrons. The molecular weight excluding hydrogens is 200 g/mol. The van der Waals surface area contributed by atoms with Crippen LogP contribution in [-0.2, 0) is 0 Å². The molecule has 3 heteroatoms. The molecule has 1 unspecified atom stereocenters. The second-order valence-corrected chi connectivity index (χ2v) is 4.13. The van der Waals surface area contributed by atoms with Gasteiger partial charge in [0.25, 0.3) is 0 Å². The van der Waals surface area contributed by atoms with Crippen LogP contribution in [0.1, 0.15) is 30.9 Å². The number of para-hydroxylation sites is 1. The minimum Gasteiger partial charge on any atom is -0.387 e. The first-order valence-electron chi connectivity index (χ1n) is 5.72. The minimum absolute atomic E-state index is 0.158. The van der Waals surface area contributed by atoms with Crippen molar-refractivity contribution < 1.29 is 5.11 Å².